The summed E-state index contributed by atoms with van der Waals surface area (Å²) in [7, 11) is 0. The number of rotatable bonds is 2. The van der Waals surface area contributed by atoms with Crippen LogP contribution in [0.5, 0.6) is 0 Å². The summed E-state index contributed by atoms with van der Waals surface area (Å²) >= 11 is 0. The molecule has 4 heteroatoms. The van der Waals surface area contributed by atoms with Crippen LogP contribution in [0.2, 0.25) is 0 Å². The normalized spacial score (nSPS) is 36.2. The molecule has 0 radical (unpaired) electrons. The summed E-state index contributed by atoms with van der Waals surface area (Å²) in [6.07, 6.45) is 3.92. The van der Waals surface area contributed by atoms with Crippen molar-refractivity contribution < 1.29 is 4.42 Å². The Bertz CT molecular complexity index is 312. The first kappa shape index (κ1) is 7.50. The highest BCUT2D eigenvalue weighted by Crippen LogP contribution is 2.57. The van der Waals surface area contributed by atoms with Gasteiger partial charge in [0.1, 0.15) is 0 Å². The zero-order chi connectivity index (χ0) is 8.84. The maximum atomic E-state index is 5.44. The Morgan fingerprint density at radius 1 is 1.23 bits per heavy atom. The fourth-order valence-corrected chi connectivity index (χ4v) is 2.43. The van der Waals surface area contributed by atoms with Crippen molar-refractivity contribution in [1.82, 2.24) is 10.2 Å². The minimum absolute atomic E-state index is 0.354. The van der Waals surface area contributed by atoms with Gasteiger partial charge in [0.15, 0.2) is 0 Å². The SMILES string of the molecule is NCc1nnc(C2CC3CC3C2)o1. The number of nitrogens with two attached hydrogens (primary N) is 1. The lowest BCUT2D eigenvalue weighted by molar-refractivity contribution is 0.404. The molecular formula is C9H13N3O. The topological polar surface area (TPSA) is 64.9 Å². The smallest absolute Gasteiger partial charge is 0.230 e. The maximum absolute atomic E-state index is 5.44. The fourth-order valence-electron chi connectivity index (χ4n) is 2.43. The highest BCUT2D eigenvalue weighted by atomic mass is 16.4. The molecule has 3 rings (SSSR count). The summed E-state index contributed by atoms with van der Waals surface area (Å²) < 4.78 is 5.44. The molecule has 13 heavy (non-hydrogen) atoms. The molecule has 0 saturated heterocycles. The van der Waals surface area contributed by atoms with E-state index < -0.39 is 0 Å². The quantitative estimate of drug-likeness (QED) is 0.736. The van der Waals surface area contributed by atoms with Crippen LogP contribution in [0, 0.1) is 11.8 Å². The van der Waals surface area contributed by atoms with Crippen molar-refractivity contribution in [2.45, 2.75) is 31.7 Å². The molecule has 1 aromatic heterocycles. The van der Waals surface area contributed by atoms with E-state index >= 15 is 0 Å². The van der Waals surface area contributed by atoms with E-state index in [9.17, 15) is 0 Å². The van der Waals surface area contributed by atoms with Crippen molar-refractivity contribution in [2.75, 3.05) is 0 Å². The molecule has 1 heterocycles. The van der Waals surface area contributed by atoms with Gasteiger partial charge in [-0.25, -0.2) is 0 Å². The van der Waals surface area contributed by atoms with Crippen molar-refractivity contribution in [2.24, 2.45) is 17.6 Å². The number of nitrogens with zero attached hydrogens (tertiary/aromatic N) is 2. The van der Waals surface area contributed by atoms with Crippen LogP contribution >= 0.6 is 0 Å². The molecule has 2 saturated carbocycles. The van der Waals surface area contributed by atoms with E-state index in [0.29, 0.717) is 18.4 Å². The van der Waals surface area contributed by atoms with Crippen LogP contribution in [0.3, 0.4) is 0 Å². The molecule has 2 aliphatic rings. The van der Waals surface area contributed by atoms with Crippen LogP contribution < -0.4 is 5.73 Å². The van der Waals surface area contributed by atoms with E-state index in [2.05, 4.69) is 10.2 Å². The first-order valence-corrected chi connectivity index (χ1v) is 4.89. The van der Waals surface area contributed by atoms with Gasteiger partial charge in [0, 0.05) is 5.92 Å². The van der Waals surface area contributed by atoms with E-state index in [-0.39, 0.29) is 0 Å². The van der Waals surface area contributed by atoms with Crippen molar-refractivity contribution in [3.05, 3.63) is 11.8 Å². The van der Waals surface area contributed by atoms with E-state index in [4.69, 9.17) is 10.2 Å². The second-order valence-electron chi connectivity index (χ2n) is 4.16. The summed E-state index contributed by atoms with van der Waals surface area (Å²) in [5.41, 5.74) is 5.40. The van der Waals surface area contributed by atoms with Crippen LogP contribution in [0.4, 0.5) is 0 Å². The van der Waals surface area contributed by atoms with Gasteiger partial charge in [-0.2, -0.15) is 0 Å². The molecule has 0 aromatic carbocycles. The molecule has 2 aliphatic carbocycles. The average Bonchev–Trinajstić information content (AvgIpc) is 2.67. The Morgan fingerprint density at radius 2 is 2.00 bits per heavy atom. The molecule has 2 fully saturated rings. The van der Waals surface area contributed by atoms with E-state index in [1.165, 1.54) is 19.3 Å². The molecule has 0 aliphatic heterocycles. The van der Waals surface area contributed by atoms with Crippen LogP contribution in [-0.2, 0) is 6.54 Å². The first-order chi connectivity index (χ1) is 6.36. The largest absolute Gasteiger partial charge is 0.424 e. The Kier molecular flexibility index (Phi) is 1.47. The molecule has 0 bridgehead atoms. The lowest BCUT2D eigenvalue weighted by Crippen LogP contribution is -1.96. The lowest BCUT2D eigenvalue weighted by atomic mass is 10.0. The summed E-state index contributed by atoms with van der Waals surface area (Å²) in [5.74, 6) is 3.82. The molecule has 0 spiro atoms. The predicted octanol–water partition coefficient (Wildman–Crippen LogP) is 1.04. The Hall–Kier alpha value is -0.900. The van der Waals surface area contributed by atoms with Crippen molar-refractivity contribution >= 4 is 0 Å². The van der Waals surface area contributed by atoms with Gasteiger partial charge in [-0.3, -0.25) is 0 Å². The standard InChI is InChI=1S/C9H13N3O/c10-4-8-11-12-9(13-8)7-2-5-1-6(5)3-7/h5-7H,1-4,10H2. The second kappa shape index (κ2) is 2.54. The van der Waals surface area contributed by atoms with Crippen LogP contribution in [0.25, 0.3) is 0 Å². The summed E-state index contributed by atoms with van der Waals surface area (Å²) in [4.78, 5) is 0. The van der Waals surface area contributed by atoms with E-state index in [1.54, 1.807) is 0 Å². The minimum atomic E-state index is 0.354. The maximum Gasteiger partial charge on any atom is 0.230 e. The van der Waals surface area contributed by atoms with Crippen LogP contribution in [0.15, 0.2) is 4.42 Å². The second-order valence-corrected chi connectivity index (χ2v) is 4.16. The fraction of sp³-hybridized carbons (Fsp3) is 0.778. The van der Waals surface area contributed by atoms with Gasteiger partial charge in [0.2, 0.25) is 11.8 Å². The van der Waals surface area contributed by atoms with Gasteiger partial charge in [0.25, 0.3) is 0 Å². The van der Waals surface area contributed by atoms with Crippen LogP contribution in [-0.4, -0.2) is 10.2 Å². The third-order valence-electron chi connectivity index (χ3n) is 3.25. The summed E-state index contributed by atoms with van der Waals surface area (Å²) in [6, 6.07) is 0. The Morgan fingerprint density at radius 3 is 2.62 bits per heavy atom. The van der Waals surface area contributed by atoms with Gasteiger partial charge < -0.3 is 10.2 Å². The number of fused-ring (bicyclic) bond motifs is 1. The first-order valence-electron chi connectivity index (χ1n) is 4.89. The molecule has 0 amide bonds. The third kappa shape index (κ3) is 1.16. The number of hydrogen-bond donors (Lipinski definition) is 1. The third-order valence-corrected chi connectivity index (χ3v) is 3.25. The average molecular weight is 179 g/mol. The van der Waals surface area contributed by atoms with Crippen molar-refractivity contribution in [1.29, 1.82) is 0 Å². The molecule has 70 valence electrons. The Labute approximate surface area is 76.5 Å². The minimum Gasteiger partial charge on any atom is -0.424 e. The highest BCUT2D eigenvalue weighted by Gasteiger charge is 2.47. The predicted molar refractivity (Wildman–Crippen MR) is 45.8 cm³/mol. The Balaban J connectivity index is 1.77. The zero-order valence-corrected chi connectivity index (χ0v) is 7.44. The van der Waals surface area contributed by atoms with Gasteiger partial charge in [-0.15, -0.1) is 10.2 Å². The summed E-state index contributed by atoms with van der Waals surface area (Å²) in [5, 5.41) is 7.90. The molecule has 2 atom stereocenters. The monoisotopic (exact) mass is 179 g/mol. The van der Waals surface area contributed by atoms with Gasteiger partial charge in [0.05, 0.1) is 6.54 Å². The van der Waals surface area contributed by atoms with E-state index in [0.717, 1.165) is 17.7 Å². The summed E-state index contributed by atoms with van der Waals surface area (Å²) in [6.45, 7) is 0.354. The van der Waals surface area contributed by atoms with Crippen LogP contribution in [0.1, 0.15) is 37.0 Å². The molecule has 4 nitrogen and oxygen atoms in total. The highest BCUT2D eigenvalue weighted by molar-refractivity contribution is 5.05. The van der Waals surface area contributed by atoms with E-state index in [1.807, 2.05) is 0 Å². The molecule has 1 aromatic rings. The molecular weight excluding hydrogens is 166 g/mol. The lowest BCUT2D eigenvalue weighted by Gasteiger charge is -2.04. The number of hydrogen-bond acceptors (Lipinski definition) is 4. The van der Waals surface area contributed by atoms with Gasteiger partial charge in [-0.05, 0) is 31.1 Å². The van der Waals surface area contributed by atoms with Gasteiger partial charge in [-0.1, -0.05) is 0 Å². The zero-order valence-electron chi connectivity index (χ0n) is 7.44. The molecule has 2 N–H and O–H groups in total. The van der Waals surface area contributed by atoms with Crippen molar-refractivity contribution in [3.63, 3.8) is 0 Å². The van der Waals surface area contributed by atoms with Gasteiger partial charge >= 0.3 is 0 Å². The molecule has 2 unspecified atom stereocenters. The van der Waals surface area contributed by atoms with Crippen molar-refractivity contribution in [3.8, 4) is 0 Å². The number of aromatic nitrogens is 2.